The monoisotopic (exact) mass is 330 g/mol. The van der Waals surface area contributed by atoms with Gasteiger partial charge >= 0.3 is 6.09 Å². The van der Waals surface area contributed by atoms with Crippen LogP contribution in [0.25, 0.3) is 0 Å². The van der Waals surface area contributed by atoms with E-state index in [0.717, 1.165) is 22.7 Å². The van der Waals surface area contributed by atoms with Gasteiger partial charge in [-0.3, -0.25) is 9.80 Å². The quantitative estimate of drug-likeness (QED) is 0.833. The molecule has 1 amide bonds. The minimum absolute atomic E-state index is 0.0311. The van der Waals surface area contributed by atoms with Gasteiger partial charge in [0, 0.05) is 11.6 Å². The number of carbonyl (C=O) groups is 1. The van der Waals surface area contributed by atoms with Gasteiger partial charge in [0.25, 0.3) is 0 Å². The molecule has 1 heterocycles. The number of ether oxygens (including phenoxy) is 1. The molecule has 0 spiro atoms. The molecule has 2 aromatic carbocycles. The maximum absolute atomic E-state index is 12.1. The van der Waals surface area contributed by atoms with Gasteiger partial charge in [0.2, 0.25) is 0 Å². The zero-order chi connectivity index (χ0) is 16.2. The Hall–Kier alpha value is -2.04. The summed E-state index contributed by atoms with van der Waals surface area (Å²) in [4.78, 5) is 15.9. The van der Waals surface area contributed by atoms with Crippen LogP contribution in [0.15, 0.2) is 54.6 Å². The third-order valence-electron chi connectivity index (χ3n) is 3.92. The Morgan fingerprint density at radius 2 is 1.87 bits per heavy atom. The van der Waals surface area contributed by atoms with Crippen molar-refractivity contribution in [1.29, 1.82) is 0 Å². The summed E-state index contributed by atoms with van der Waals surface area (Å²) < 4.78 is 5.24. The molecule has 4 nitrogen and oxygen atoms in total. The fourth-order valence-electron chi connectivity index (χ4n) is 2.77. The maximum atomic E-state index is 12.1. The largest absolute Gasteiger partial charge is 0.447 e. The molecule has 5 heteroatoms. The van der Waals surface area contributed by atoms with Crippen molar-refractivity contribution in [3.63, 3.8) is 0 Å². The normalized spacial score (nSPS) is 17.6. The fraction of sp³-hybridized carbons (Fsp3) is 0.278. The minimum atomic E-state index is -0.262. The Balaban J connectivity index is 1.67. The van der Waals surface area contributed by atoms with E-state index in [1.54, 1.807) is 4.90 Å². The molecule has 3 rings (SSSR count). The molecule has 0 unspecified atom stereocenters. The molecule has 23 heavy (non-hydrogen) atoms. The smallest absolute Gasteiger partial charge is 0.411 e. The van der Waals surface area contributed by atoms with Gasteiger partial charge < -0.3 is 4.74 Å². The molecule has 0 aromatic heterocycles. The first-order valence-electron chi connectivity index (χ1n) is 7.55. The highest BCUT2D eigenvalue weighted by Crippen LogP contribution is 2.27. The molecule has 1 saturated heterocycles. The van der Waals surface area contributed by atoms with Crippen molar-refractivity contribution in [3.8, 4) is 0 Å². The van der Waals surface area contributed by atoms with Gasteiger partial charge in [-0.25, -0.2) is 4.79 Å². The molecular formula is C18H19ClN2O2. The Labute approximate surface area is 141 Å². The number of hydrogen-bond donors (Lipinski definition) is 0. The zero-order valence-electron chi connectivity index (χ0n) is 13.0. The topological polar surface area (TPSA) is 32.8 Å². The summed E-state index contributed by atoms with van der Waals surface area (Å²) >= 11 is 5.91. The SMILES string of the molecule is CN(Cc1ccc(Cl)cc1)CN1C(=O)OC[C@@H]1c1ccccc1. The predicted octanol–water partition coefficient (Wildman–Crippen LogP) is 3.92. The lowest BCUT2D eigenvalue weighted by molar-refractivity contribution is 0.130. The second-order valence-corrected chi connectivity index (χ2v) is 6.19. The van der Waals surface area contributed by atoms with Crippen molar-refractivity contribution in [2.75, 3.05) is 20.3 Å². The summed E-state index contributed by atoms with van der Waals surface area (Å²) in [5, 5.41) is 0.726. The van der Waals surface area contributed by atoms with Crippen LogP contribution >= 0.6 is 11.6 Å². The van der Waals surface area contributed by atoms with Crippen molar-refractivity contribution in [2.24, 2.45) is 0 Å². The third-order valence-corrected chi connectivity index (χ3v) is 4.17. The van der Waals surface area contributed by atoms with E-state index in [1.165, 1.54) is 0 Å². The molecule has 0 aliphatic carbocycles. The van der Waals surface area contributed by atoms with Crippen LogP contribution in [0.2, 0.25) is 5.02 Å². The molecule has 0 N–H and O–H groups in total. The van der Waals surface area contributed by atoms with Gasteiger partial charge in [-0.15, -0.1) is 0 Å². The predicted molar refractivity (Wildman–Crippen MR) is 90.2 cm³/mol. The number of rotatable bonds is 5. The summed E-state index contributed by atoms with van der Waals surface area (Å²) in [5.41, 5.74) is 2.25. The fourth-order valence-corrected chi connectivity index (χ4v) is 2.90. The molecule has 120 valence electrons. The van der Waals surface area contributed by atoms with Crippen LogP contribution in [0.3, 0.4) is 0 Å². The highest BCUT2D eigenvalue weighted by atomic mass is 35.5. The van der Waals surface area contributed by atoms with Crippen molar-refractivity contribution in [3.05, 3.63) is 70.7 Å². The number of halogens is 1. The van der Waals surface area contributed by atoms with E-state index in [4.69, 9.17) is 16.3 Å². The minimum Gasteiger partial charge on any atom is -0.447 e. The maximum Gasteiger partial charge on any atom is 0.411 e. The van der Waals surface area contributed by atoms with E-state index in [1.807, 2.05) is 61.6 Å². The first-order valence-corrected chi connectivity index (χ1v) is 7.92. The lowest BCUT2D eigenvalue weighted by Gasteiger charge is -2.27. The molecule has 0 radical (unpaired) electrons. The van der Waals surface area contributed by atoms with Crippen molar-refractivity contribution in [1.82, 2.24) is 9.80 Å². The van der Waals surface area contributed by atoms with Crippen LogP contribution in [0.5, 0.6) is 0 Å². The van der Waals surface area contributed by atoms with Crippen molar-refractivity contribution in [2.45, 2.75) is 12.6 Å². The summed E-state index contributed by atoms with van der Waals surface area (Å²) in [6.07, 6.45) is -0.262. The summed E-state index contributed by atoms with van der Waals surface area (Å²) in [7, 11) is 1.99. The van der Waals surface area contributed by atoms with Crippen LogP contribution in [0.4, 0.5) is 4.79 Å². The second-order valence-electron chi connectivity index (χ2n) is 5.76. The van der Waals surface area contributed by atoms with E-state index in [0.29, 0.717) is 13.3 Å². The standard InChI is InChI=1S/C18H19ClN2O2/c1-20(11-14-7-9-16(19)10-8-14)13-21-17(12-23-18(21)22)15-5-3-2-4-6-15/h2-10,17H,11-13H2,1H3/t17-/m1/s1. The van der Waals surface area contributed by atoms with Crippen LogP contribution in [-0.2, 0) is 11.3 Å². The molecule has 2 aromatic rings. The Kier molecular flexibility index (Phi) is 4.84. The van der Waals surface area contributed by atoms with Gasteiger partial charge in [0.05, 0.1) is 12.7 Å². The van der Waals surface area contributed by atoms with E-state index in [9.17, 15) is 4.79 Å². The molecule has 0 bridgehead atoms. The van der Waals surface area contributed by atoms with Crippen LogP contribution in [0, 0.1) is 0 Å². The van der Waals surface area contributed by atoms with Gasteiger partial charge in [0.1, 0.15) is 6.61 Å². The Morgan fingerprint density at radius 3 is 2.57 bits per heavy atom. The molecule has 0 saturated carbocycles. The first-order chi connectivity index (χ1) is 11.1. The van der Waals surface area contributed by atoms with Crippen molar-refractivity contribution < 1.29 is 9.53 Å². The number of amides is 1. The lowest BCUT2D eigenvalue weighted by atomic mass is 10.1. The van der Waals surface area contributed by atoms with Crippen molar-refractivity contribution >= 4 is 17.7 Å². The number of carbonyl (C=O) groups excluding carboxylic acids is 1. The van der Waals surface area contributed by atoms with E-state index >= 15 is 0 Å². The van der Waals surface area contributed by atoms with Gasteiger partial charge in [-0.05, 0) is 30.3 Å². The zero-order valence-corrected chi connectivity index (χ0v) is 13.7. The Morgan fingerprint density at radius 1 is 1.17 bits per heavy atom. The van der Waals surface area contributed by atoms with Crippen LogP contribution in [0.1, 0.15) is 17.2 Å². The molecule has 1 aliphatic rings. The summed E-state index contributed by atoms with van der Waals surface area (Å²) in [5.74, 6) is 0. The highest BCUT2D eigenvalue weighted by Gasteiger charge is 2.34. The molecular weight excluding hydrogens is 312 g/mol. The Bertz CT molecular complexity index is 660. The lowest BCUT2D eigenvalue weighted by Crippen LogP contribution is -2.37. The summed E-state index contributed by atoms with van der Waals surface area (Å²) in [6.45, 7) is 1.65. The number of nitrogens with zero attached hydrogens (tertiary/aromatic N) is 2. The molecule has 1 aliphatic heterocycles. The second kappa shape index (κ2) is 7.02. The van der Waals surface area contributed by atoms with E-state index < -0.39 is 0 Å². The number of benzene rings is 2. The first kappa shape index (κ1) is 15.8. The van der Waals surface area contributed by atoms with E-state index in [2.05, 4.69) is 4.90 Å². The van der Waals surface area contributed by atoms with Gasteiger partial charge in [-0.2, -0.15) is 0 Å². The van der Waals surface area contributed by atoms with Gasteiger partial charge in [-0.1, -0.05) is 54.1 Å². The average Bonchev–Trinajstić information content (AvgIpc) is 2.91. The average molecular weight is 331 g/mol. The van der Waals surface area contributed by atoms with Crippen LogP contribution < -0.4 is 0 Å². The number of cyclic esters (lactones) is 1. The third kappa shape index (κ3) is 3.84. The van der Waals surface area contributed by atoms with Crippen LogP contribution in [-0.4, -0.2) is 36.2 Å². The van der Waals surface area contributed by atoms with Gasteiger partial charge in [0.15, 0.2) is 0 Å². The van der Waals surface area contributed by atoms with E-state index in [-0.39, 0.29) is 12.1 Å². The number of hydrogen-bond acceptors (Lipinski definition) is 3. The molecule has 1 atom stereocenters. The molecule has 1 fully saturated rings. The highest BCUT2D eigenvalue weighted by molar-refractivity contribution is 6.30. The summed E-state index contributed by atoms with van der Waals surface area (Å²) in [6, 6.07) is 17.7.